The first-order chi connectivity index (χ1) is 15.5. The Morgan fingerprint density at radius 3 is 2.53 bits per heavy atom. The molecule has 0 unspecified atom stereocenters. The molecule has 1 amide bonds. The smallest absolute Gasteiger partial charge is 0.266 e. The molecule has 0 saturated carbocycles. The van der Waals surface area contributed by atoms with Gasteiger partial charge in [-0.05, 0) is 64.2 Å². The van der Waals surface area contributed by atoms with Gasteiger partial charge in [0, 0.05) is 12.1 Å². The van der Waals surface area contributed by atoms with Crippen LogP contribution in [0, 0.1) is 24.1 Å². The molecule has 0 aromatic heterocycles. The number of carbonyl (C=O) groups is 1. The first kappa shape index (κ1) is 21.0. The van der Waals surface area contributed by atoms with Crippen molar-refractivity contribution in [2.24, 2.45) is 0 Å². The van der Waals surface area contributed by atoms with Gasteiger partial charge in [-0.25, -0.2) is 4.39 Å². The maximum Gasteiger partial charge on any atom is 0.266 e. The van der Waals surface area contributed by atoms with Gasteiger partial charge < -0.3 is 5.32 Å². The molecule has 0 aliphatic rings. The van der Waals surface area contributed by atoms with Gasteiger partial charge in [-0.1, -0.05) is 66.7 Å². The Morgan fingerprint density at radius 1 is 0.969 bits per heavy atom. The average molecular weight is 420 g/mol. The van der Waals surface area contributed by atoms with Gasteiger partial charge in [0.05, 0.1) is 0 Å². The molecule has 0 aliphatic heterocycles. The Labute approximate surface area is 186 Å². The van der Waals surface area contributed by atoms with E-state index >= 15 is 0 Å². The van der Waals surface area contributed by atoms with Crippen molar-refractivity contribution in [2.75, 3.05) is 5.32 Å². The summed E-state index contributed by atoms with van der Waals surface area (Å²) in [6, 6.07) is 27.7. The second kappa shape index (κ2) is 9.28. The molecule has 156 valence electrons. The van der Waals surface area contributed by atoms with E-state index in [2.05, 4.69) is 5.32 Å². The van der Waals surface area contributed by atoms with Gasteiger partial charge in [-0.15, -0.1) is 0 Å². The van der Waals surface area contributed by atoms with Crippen LogP contribution in [0.15, 0.2) is 90.5 Å². The second-order valence-electron chi connectivity index (χ2n) is 7.62. The summed E-state index contributed by atoms with van der Waals surface area (Å²) in [6.07, 6.45) is 1.95. The lowest BCUT2D eigenvalue weighted by Crippen LogP contribution is -2.13. The standard InChI is InChI=1S/C28H21FN2O/c1-19-7-6-10-24(15-19)31-28(32)23(18-30)17-26-21(16-22-9-3-5-12-27(22)29)14-13-20-8-2-4-11-25(20)26/h2-15,17H,16H2,1H3,(H,31,32)/b23-17+. The lowest BCUT2D eigenvalue weighted by Gasteiger charge is -2.12. The van der Waals surface area contributed by atoms with Crippen LogP contribution in [0.3, 0.4) is 0 Å². The second-order valence-corrected chi connectivity index (χ2v) is 7.62. The number of benzene rings is 4. The first-order valence-corrected chi connectivity index (χ1v) is 10.3. The van der Waals surface area contributed by atoms with E-state index < -0.39 is 5.91 Å². The third kappa shape index (κ3) is 4.58. The molecule has 4 heteroatoms. The van der Waals surface area contributed by atoms with Gasteiger partial charge in [-0.2, -0.15) is 5.26 Å². The summed E-state index contributed by atoms with van der Waals surface area (Å²) in [5.41, 5.74) is 3.75. The number of hydrogen-bond donors (Lipinski definition) is 1. The Morgan fingerprint density at radius 2 is 1.75 bits per heavy atom. The summed E-state index contributed by atoms with van der Waals surface area (Å²) < 4.78 is 14.3. The fourth-order valence-electron chi connectivity index (χ4n) is 3.73. The zero-order valence-electron chi connectivity index (χ0n) is 17.6. The topological polar surface area (TPSA) is 52.9 Å². The minimum Gasteiger partial charge on any atom is -0.321 e. The number of nitrogens with one attached hydrogen (secondary N) is 1. The molecule has 0 saturated heterocycles. The average Bonchev–Trinajstić information content (AvgIpc) is 2.79. The summed E-state index contributed by atoms with van der Waals surface area (Å²) in [4.78, 5) is 12.9. The van der Waals surface area contributed by atoms with E-state index in [1.807, 2.05) is 67.6 Å². The normalized spacial score (nSPS) is 11.2. The quantitative estimate of drug-likeness (QED) is 0.299. The van der Waals surface area contributed by atoms with Gasteiger partial charge in [0.15, 0.2) is 0 Å². The number of fused-ring (bicyclic) bond motifs is 1. The summed E-state index contributed by atoms with van der Waals surface area (Å²) in [5.74, 6) is -0.767. The highest BCUT2D eigenvalue weighted by Crippen LogP contribution is 2.28. The molecular formula is C28H21FN2O. The van der Waals surface area contributed by atoms with Crippen molar-refractivity contribution in [1.29, 1.82) is 5.26 Å². The first-order valence-electron chi connectivity index (χ1n) is 10.3. The van der Waals surface area contributed by atoms with Gasteiger partial charge in [0.2, 0.25) is 0 Å². The monoisotopic (exact) mass is 420 g/mol. The number of carbonyl (C=O) groups excluding carboxylic acids is 1. The van der Waals surface area contributed by atoms with E-state index in [4.69, 9.17) is 0 Å². The van der Waals surface area contributed by atoms with Gasteiger partial charge in [0.1, 0.15) is 17.5 Å². The number of rotatable bonds is 5. The molecule has 32 heavy (non-hydrogen) atoms. The summed E-state index contributed by atoms with van der Waals surface area (Å²) >= 11 is 0. The Kier molecular flexibility index (Phi) is 6.10. The molecular weight excluding hydrogens is 399 g/mol. The highest BCUT2D eigenvalue weighted by molar-refractivity contribution is 6.11. The third-order valence-electron chi connectivity index (χ3n) is 5.33. The summed E-state index contributed by atoms with van der Waals surface area (Å²) in [5, 5.41) is 14.4. The van der Waals surface area contributed by atoms with Crippen molar-refractivity contribution in [3.8, 4) is 6.07 Å². The molecule has 1 N–H and O–H groups in total. The highest BCUT2D eigenvalue weighted by Gasteiger charge is 2.14. The van der Waals surface area contributed by atoms with E-state index in [-0.39, 0.29) is 11.4 Å². The maximum absolute atomic E-state index is 14.3. The predicted molar refractivity (Wildman–Crippen MR) is 127 cm³/mol. The number of aryl methyl sites for hydroxylation is 1. The minimum atomic E-state index is -0.483. The van der Waals surface area contributed by atoms with Crippen LogP contribution in [0.2, 0.25) is 0 Å². The van der Waals surface area contributed by atoms with Crippen LogP contribution >= 0.6 is 0 Å². The van der Waals surface area contributed by atoms with Crippen molar-refractivity contribution >= 4 is 28.4 Å². The molecule has 0 spiro atoms. The zero-order chi connectivity index (χ0) is 22.5. The molecule has 4 aromatic carbocycles. The SMILES string of the molecule is Cc1cccc(NC(=O)/C(C#N)=C/c2c(Cc3ccccc3F)ccc3ccccc23)c1. The zero-order valence-corrected chi connectivity index (χ0v) is 17.6. The van der Waals surface area contributed by atoms with Crippen LogP contribution in [0.5, 0.6) is 0 Å². The van der Waals surface area contributed by atoms with Gasteiger partial charge in [0.25, 0.3) is 5.91 Å². The van der Waals surface area contributed by atoms with E-state index in [1.165, 1.54) is 6.07 Å². The number of nitriles is 1. The molecule has 0 radical (unpaired) electrons. The van der Waals surface area contributed by atoms with E-state index in [9.17, 15) is 14.4 Å². The fourth-order valence-corrected chi connectivity index (χ4v) is 3.73. The van der Waals surface area contributed by atoms with Crippen molar-refractivity contribution in [1.82, 2.24) is 0 Å². The Bertz CT molecular complexity index is 1380. The van der Waals surface area contributed by atoms with Crippen molar-refractivity contribution in [3.05, 3.63) is 119 Å². The van der Waals surface area contributed by atoms with Crippen LogP contribution in [0.4, 0.5) is 10.1 Å². The number of halogens is 1. The number of amides is 1. The maximum atomic E-state index is 14.3. The molecule has 0 heterocycles. The van der Waals surface area contributed by atoms with E-state index in [1.54, 1.807) is 30.3 Å². The van der Waals surface area contributed by atoms with Crippen LogP contribution in [0.25, 0.3) is 16.8 Å². The molecule has 4 aromatic rings. The number of hydrogen-bond acceptors (Lipinski definition) is 2. The van der Waals surface area contributed by atoms with Crippen LogP contribution in [-0.4, -0.2) is 5.91 Å². The number of anilines is 1. The van der Waals surface area contributed by atoms with Crippen LogP contribution in [0.1, 0.15) is 22.3 Å². The Hall–Kier alpha value is -4.23. The minimum absolute atomic E-state index is 0.0161. The molecule has 0 fully saturated rings. The van der Waals surface area contributed by atoms with Crippen molar-refractivity contribution in [2.45, 2.75) is 13.3 Å². The third-order valence-corrected chi connectivity index (χ3v) is 5.33. The fraction of sp³-hybridized carbons (Fsp3) is 0.0714. The highest BCUT2D eigenvalue weighted by atomic mass is 19.1. The molecule has 4 rings (SSSR count). The van der Waals surface area contributed by atoms with E-state index in [0.717, 1.165) is 27.5 Å². The van der Waals surface area contributed by atoms with Crippen LogP contribution < -0.4 is 5.32 Å². The molecule has 3 nitrogen and oxygen atoms in total. The van der Waals surface area contributed by atoms with Gasteiger partial charge in [-0.3, -0.25) is 4.79 Å². The largest absolute Gasteiger partial charge is 0.321 e. The van der Waals surface area contributed by atoms with Gasteiger partial charge >= 0.3 is 0 Å². The summed E-state index contributed by atoms with van der Waals surface area (Å²) in [7, 11) is 0. The predicted octanol–water partition coefficient (Wildman–Crippen LogP) is 6.42. The molecule has 0 bridgehead atoms. The molecule has 0 atom stereocenters. The lowest BCUT2D eigenvalue weighted by atomic mass is 9.93. The Balaban J connectivity index is 1.78. The van der Waals surface area contributed by atoms with E-state index in [0.29, 0.717) is 17.7 Å². The lowest BCUT2D eigenvalue weighted by molar-refractivity contribution is -0.112. The molecule has 0 aliphatic carbocycles. The van der Waals surface area contributed by atoms with Crippen LogP contribution in [-0.2, 0) is 11.2 Å². The summed E-state index contributed by atoms with van der Waals surface area (Å²) in [6.45, 7) is 1.93. The van der Waals surface area contributed by atoms with Crippen molar-refractivity contribution in [3.63, 3.8) is 0 Å². The van der Waals surface area contributed by atoms with Crippen molar-refractivity contribution < 1.29 is 9.18 Å². The number of nitrogens with zero attached hydrogens (tertiary/aromatic N) is 1.